The Balaban J connectivity index is 2.16. The Labute approximate surface area is 96.0 Å². The van der Waals surface area contributed by atoms with Gasteiger partial charge in [0, 0.05) is 12.5 Å². The highest BCUT2D eigenvalue weighted by atomic mass is 32.1. The molecule has 1 amide bonds. The molecule has 16 heavy (non-hydrogen) atoms. The van der Waals surface area contributed by atoms with E-state index in [4.69, 9.17) is 16.0 Å². The summed E-state index contributed by atoms with van der Waals surface area (Å²) in [6.45, 7) is 0. The molecule has 4 N–H and O–H groups in total. The molecular weight excluding hydrogens is 226 g/mol. The Morgan fingerprint density at radius 2 is 2.44 bits per heavy atom. The summed E-state index contributed by atoms with van der Waals surface area (Å²) in [4.78, 5) is 11.7. The standard InChI is InChI=1S/C10H11N3O2S/c11-6(4-10(12)14)7-5-8(15-13-7)9-2-1-3-16-9/h1-3,5-6H,4,11H2,(H2,12,14). The van der Waals surface area contributed by atoms with E-state index in [9.17, 15) is 4.79 Å². The van der Waals surface area contributed by atoms with Crippen molar-refractivity contribution < 1.29 is 9.32 Å². The number of rotatable bonds is 4. The van der Waals surface area contributed by atoms with E-state index in [1.54, 1.807) is 17.4 Å². The van der Waals surface area contributed by atoms with Crippen LogP contribution >= 0.6 is 11.3 Å². The van der Waals surface area contributed by atoms with Crippen molar-refractivity contribution in [1.82, 2.24) is 5.16 Å². The van der Waals surface area contributed by atoms with Crippen molar-refractivity contribution in [2.75, 3.05) is 0 Å². The molecular formula is C10H11N3O2S. The number of primary amides is 1. The van der Waals surface area contributed by atoms with Gasteiger partial charge in [-0.25, -0.2) is 0 Å². The van der Waals surface area contributed by atoms with Crippen LogP contribution in [0.25, 0.3) is 10.6 Å². The van der Waals surface area contributed by atoms with Crippen molar-refractivity contribution >= 4 is 17.2 Å². The molecule has 0 bridgehead atoms. The third kappa shape index (κ3) is 2.29. The second-order valence-corrected chi connectivity index (χ2v) is 4.32. The topological polar surface area (TPSA) is 95.1 Å². The number of carbonyl (C=O) groups excluding carboxylic acids is 1. The Bertz CT molecular complexity index is 478. The fourth-order valence-corrected chi connectivity index (χ4v) is 1.99. The summed E-state index contributed by atoms with van der Waals surface area (Å²) < 4.78 is 5.14. The Hall–Kier alpha value is -1.66. The fraction of sp³-hybridized carbons (Fsp3) is 0.200. The predicted molar refractivity (Wildman–Crippen MR) is 60.6 cm³/mol. The summed E-state index contributed by atoms with van der Waals surface area (Å²) in [6.07, 6.45) is 0.0659. The van der Waals surface area contributed by atoms with Gasteiger partial charge in [0.1, 0.15) is 5.69 Å². The number of nitrogens with two attached hydrogens (primary N) is 2. The van der Waals surface area contributed by atoms with Crippen molar-refractivity contribution in [3.05, 3.63) is 29.3 Å². The first-order valence-corrected chi connectivity index (χ1v) is 5.59. The molecule has 0 aliphatic heterocycles. The van der Waals surface area contributed by atoms with Crippen LogP contribution < -0.4 is 11.5 Å². The SMILES string of the molecule is NC(=O)CC(N)c1cc(-c2cccs2)on1. The zero-order valence-electron chi connectivity index (χ0n) is 8.42. The van der Waals surface area contributed by atoms with Gasteiger partial charge >= 0.3 is 0 Å². The van der Waals surface area contributed by atoms with Crippen LogP contribution in [0.4, 0.5) is 0 Å². The molecule has 84 valence electrons. The lowest BCUT2D eigenvalue weighted by Gasteiger charge is -2.02. The quantitative estimate of drug-likeness (QED) is 0.837. The summed E-state index contributed by atoms with van der Waals surface area (Å²) in [7, 11) is 0. The lowest BCUT2D eigenvalue weighted by molar-refractivity contribution is -0.118. The number of nitrogens with zero attached hydrogens (tertiary/aromatic N) is 1. The van der Waals surface area contributed by atoms with Crippen molar-refractivity contribution in [2.45, 2.75) is 12.5 Å². The lowest BCUT2D eigenvalue weighted by Crippen LogP contribution is -2.20. The summed E-state index contributed by atoms with van der Waals surface area (Å²) >= 11 is 1.55. The van der Waals surface area contributed by atoms with Gasteiger partial charge in [-0.05, 0) is 11.4 Å². The second kappa shape index (κ2) is 4.46. The van der Waals surface area contributed by atoms with Crippen LogP contribution in [0.2, 0.25) is 0 Å². The van der Waals surface area contributed by atoms with E-state index >= 15 is 0 Å². The van der Waals surface area contributed by atoms with Crippen LogP contribution in [0.5, 0.6) is 0 Å². The largest absolute Gasteiger partial charge is 0.370 e. The Morgan fingerprint density at radius 1 is 1.62 bits per heavy atom. The third-order valence-corrected chi connectivity index (χ3v) is 2.98. The maximum absolute atomic E-state index is 10.7. The average Bonchev–Trinajstić information content (AvgIpc) is 2.87. The molecule has 0 saturated carbocycles. The molecule has 5 nitrogen and oxygen atoms in total. The van der Waals surface area contributed by atoms with Crippen LogP contribution in [-0.4, -0.2) is 11.1 Å². The van der Waals surface area contributed by atoms with Crippen LogP contribution in [0, 0.1) is 0 Å². The Kier molecular flexibility index (Phi) is 3.02. The summed E-state index contributed by atoms with van der Waals surface area (Å²) in [5.74, 6) is 0.207. The minimum Gasteiger partial charge on any atom is -0.370 e. The van der Waals surface area contributed by atoms with Gasteiger partial charge < -0.3 is 16.0 Å². The molecule has 2 aromatic rings. The van der Waals surface area contributed by atoms with Gasteiger partial charge in [0.15, 0.2) is 5.76 Å². The van der Waals surface area contributed by atoms with Crippen molar-refractivity contribution in [3.8, 4) is 10.6 Å². The summed E-state index contributed by atoms with van der Waals surface area (Å²) in [5.41, 5.74) is 11.3. The molecule has 6 heteroatoms. The first kappa shape index (κ1) is 10.8. The van der Waals surface area contributed by atoms with Crippen molar-refractivity contribution in [1.29, 1.82) is 0 Å². The number of carbonyl (C=O) groups is 1. The smallest absolute Gasteiger partial charge is 0.219 e. The summed E-state index contributed by atoms with van der Waals surface area (Å²) in [6, 6.07) is 5.08. The highest BCUT2D eigenvalue weighted by Gasteiger charge is 2.15. The average molecular weight is 237 g/mol. The maximum Gasteiger partial charge on any atom is 0.219 e. The number of aromatic nitrogens is 1. The molecule has 2 heterocycles. The van der Waals surface area contributed by atoms with Gasteiger partial charge in [0.05, 0.1) is 10.9 Å². The highest BCUT2D eigenvalue weighted by Crippen LogP contribution is 2.26. The highest BCUT2D eigenvalue weighted by molar-refractivity contribution is 7.13. The van der Waals surface area contributed by atoms with Crippen molar-refractivity contribution in [2.24, 2.45) is 11.5 Å². The Morgan fingerprint density at radius 3 is 3.06 bits per heavy atom. The zero-order valence-corrected chi connectivity index (χ0v) is 9.24. The van der Waals surface area contributed by atoms with Gasteiger partial charge in [-0.3, -0.25) is 4.79 Å². The van der Waals surface area contributed by atoms with Crippen LogP contribution in [0.1, 0.15) is 18.2 Å². The lowest BCUT2D eigenvalue weighted by atomic mass is 10.1. The molecule has 0 radical (unpaired) electrons. The van der Waals surface area contributed by atoms with E-state index in [1.807, 2.05) is 17.5 Å². The normalized spacial score (nSPS) is 12.6. The monoisotopic (exact) mass is 237 g/mol. The third-order valence-electron chi connectivity index (χ3n) is 2.09. The zero-order chi connectivity index (χ0) is 11.5. The maximum atomic E-state index is 10.7. The minimum absolute atomic E-state index is 0.0659. The van der Waals surface area contributed by atoms with E-state index in [-0.39, 0.29) is 6.42 Å². The fourth-order valence-electron chi connectivity index (χ4n) is 1.32. The molecule has 0 aliphatic carbocycles. The van der Waals surface area contributed by atoms with E-state index in [0.29, 0.717) is 11.5 Å². The predicted octanol–water partition coefficient (Wildman–Crippen LogP) is 1.28. The molecule has 0 aromatic carbocycles. The first-order chi connectivity index (χ1) is 7.66. The number of amides is 1. The van der Waals surface area contributed by atoms with Crippen molar-refractivity contribution in [3.63, 3.8) is 0 Å². The molecule has 0 fully saturated rings. The molecule has 0 spiro atoms. The second-order valence-electron chi connectivity index (χ2n) is 3.37. The van der Waals surface area contributed by atoms with Gasteiger partial charge in [-0.2, -0.15) is 0 Å². The molecule has 0 aliphatic rings. The number of thiophene rings is 1. The van der Waals surface area contributed by atoms with Gasteiger partial charge in [0.2, 0.25) is 5.91 Å². The summed E-state index contributed by atoms with van der Waals surface area (Å²) in [5, 5.41) is 5.77. The van der Waals surface area contributed by atoms with E-state index < -0.39 is 11.9 Å². The number of hydrogen-bond acceptors (Lipinski definition) is 5. The van der Waals surface area contributed by atoms with Crippen LogP contribution in [0.3, 0.4) is 0 Å². The molecule has 1 atom stereocenters. The molecule has 0 saturated heterocycles. The van der Waals surface area contributed by atoms with E-state index in [1.165, 1.54) is 0 Å². The van der Waals surface area contributed by atoms with Gasteiger partial charge in [-0.1, -0.05) is 11.2 Å². The van der Waals surface area contributed by atoms with E-state index in [0.717, 1.165) is 4.88 Å². The molecule has 2 rings (SSSR count). The minimum atomic E-state index is -0.505. The van der Waals surface area contributed by atoms with Gasteiger partial charge in [-0.15, -0.1) is 11.3 Å². The molecule has 2 aromatic heterocycles. The van der Waals surface area contributed by atoms with Gasteiger partial charge in [0.25, 0.3) is 0 Å². The first-order valence-electron chi connectivity index (χ1n) is 4.71. The number of hydrogen-bond donors (Lipinski definition) is 2. The van der Waals surface area contributed by atoms with E-state index in [2.05, 4.69) is 5.16 Å². The van der Waals surface area contributed by atoms with Crippen LogP contribution in [0.15, 0.2) is 28.1 Å². The van der Waals surface area contributed by atoms with Crippen LogP contribution in [-0.2, 0) is 4.79 Å². The molecule has 1 unspecified atom stereocenters.